The van der Waals surface area contributed by atoms with Crippen LogP contribution >= 0.6 is 0 Å². The highest BCUT2D eigenvalue weighted by Crippen LogP contribution is 2.27. The Balaban J connectivity index is 1.61. The van der Waals surface area contributed by atoms with Gasteiger partial charge in [-0.1, -0.05) is 48.5 Å². The second-order valence-electron chi connectivity index (χ2n) is 6.91. The SMILES string of the molecule is O=S1(=O)CCC(Nc2cc(N(Cc3ccccc3)c3ccccc3)ncn2)C1. The topological polar surface area (TPSA) is 75.2 Å². The molecule has 1 unspecified atom stereocenters. The number of nitrogens with one attached hydrogen (secondary N) is 1. The van der Waals surface area contributed by atoms with E-state index in [4.69, 9.17) is 0 Å². The standard InChI is InChI=1S/C21H22N4O2S/c26-28(27)12-11-18(15-28)24-20-13-21(23-16-22-20)25(19-9-5-2-6-10-19)14-17-7-3-1-4-8-17/h1-10,13,16,18H,11-12,14-15H2,(H,22,23,24). The fourth-order valence-electron chi connectivity index (χ4n) is 3.37. The molecule has 3 aromatic rings. The van der Waals surface area contributed by atoms with Crippen LogP contribution in [0.3, 0.4) is 0 Å². The lowest BCUT2D eigenvalue weighted by Crippen LogP contribution is -2.22. The molecule has 2 aromatic carbocycles. The summed E-state index contributed by atoms with van der Waals surface area (Å²) >= 11 is 0. The summed E-state index contributed by atoms with van der Waals surface area (Å²) in [6.45, 7) is 0.666. The molecule has 0 aliphatic carbocycles. The second-order valence-corrected chi connectivity index (χ2v) is 9.14. The molecule has 1 atom stereocenters. The fraction of sp³-hybridized carbons (Fsp3) is 0.238. The van der Waals surface area contributed by atoms with Crippen molar-refractivity contribution in [3.63, 3.8) is 0 Å². The Morgan fingerprint density at radius 3 is 2.39 bits per heavy atom. The minimum Gasteiger partial charge on any atom is -0.366 e. The largest absolute Gasteiger partial charge is 0.366 e. The molecule has 1 aliphatic heterocycles. The first-order valence-electron chi connectivity index (χ1n) is 9.25. The van der Waals surface area contributed by atoms with E-state index < -0.39 is 9.84 Å². The number of benzene rings is 2. The van der Waals surface area contributed by atoms with Crippen molar-refractivity contribution in [1.82, 2.24) is 9.97 Å². The molecular formula is C21H22N4O2S. The summed E-state index contributed by atoms with van der Waals surface area (Å²) in [5, 5.41) is 3.25. The first-order valence-corrected chi connectivity index (χ1v) is 11.1. The van der Waals surface area contributed by atoms with E-state index in [-0.39, 0.29) is 17.5 Å². The van der Waals surface area contributed by atoms with Crippen molar-refractivity contribution >= 4 is 27.2 Å². The van der Waals surface area contributed by atoms with E-state index in [0.717, 1.165) is 11.5 Å². The van der Waals surface area contributed by atoms with Crippen LogP contribution in [0.5, 0.6) is 0 Å². The van der Waals surface area contributed by atoms with Gasteiger partial charge in [0, 0.05) is 24.3 Å². The maximum atomic E-state index is 11.7. The lowest BCUT2D eigenvalue weighted by atomic mass is 10.2. The van der Waals surface area contributed by atoms with Gasteiger partial charge in [-0.25, -0.2) is 18.4 Å². The Morgan fingerprint density at radius 1 is 1.00 bits per heavy atom. The molecule has 0 bridgehead atoms. The molecule has 1 N–H and O–H groups in total. The van der Waals surface area contributed by atoms with Gasteiger partial charge in [-0.2, -0.15) is 0 Å². The molecule has 1 aliphatic rings. The number of nitrogens with zero attached hydrogens (tertiary/aromatic N) is 3. The molecule has 6 nitrogen and oxygen atoms in total. The van der Waals surface area contributed by atoms with Crippen LogP contribution in [0.4, 0.5) is 17.3 Å². The van der Waals surface area contributed by atoms with E-state index in [1.807, 2.05) is 54.6 Å². The zero-order valence-electron chi connectivity index (χ0n) is 15.4. The highest BCUT2D eigenvalue weighted by molar-refractivity contribution is 7.91. The minimum atomic E-state index is -2.94. The van der Waals surface area contributed by atoms with Gasteiger partial charge in [0.15, 0.2) is 9.84 Å². The molecule has 144 valence electrons. The first-order chi connectivity index (χ1) is 13.6. The molecule has 7 heteroatoms. The lowest BCUT2D eigenvalue weighted by Gasteiger charge is -2.24. The van der Waals surface area contributed by atoms with Crippen LogP contribution in [-0.4, -0.2) is 35.9 Å². The van der Waals surface area contributed by atoms with Gasteiger partial charge >= 0.3 is 0 Å². The third-order valence-corrected chi connectivity index (χ3v) is 6.53. The number of hydrogen-bond donors (Lipinski definition) is 1. The maximum absolute atomic E-state index is 11.7. The van der Waals surface area contributed by atoms with E-state index in [2.05, 4.69) is 32.3 Å². The smallest absolute Gasteiger partial charge is 0.152 e. The molecule has 0 amide bonds. The van der Waals surface area contributed by atoms with E-state index >= 15 is 0 Å². The lowest BCUT2D eigenvalue weighted by molar-refractivity contribution is 0.602. The predicted molar refractivity (Wildman–Crippen MR) is 111 cm³/mol. The molecule has 0 spiro atoms. The summed E-state index contributed by atoms with van der Waals surface area (Å²) in [5.41, 5.74) is 2.20. The van der Waals surface area contributed by atoms with Crippen LogP contribution in [0.1, 0.15) is 12.0 Å². The summed E-state index contributed by atoms with van der Waals surface area (Å²) in [6, 6.07) is 22.0. The van der Waals surface area contributed by atoms with Gasteiger partial charge in [0.05, 0.1) is 11.5 Å². The average molecular weight is 395 g/mol. The molecular weight excluding hydrogens is 372 g/mol. The van der Waals surface area contributed by atoms with Crippen molar-refractivity contribution in [1.29, 1.82) is 0 Å². The number of sulfone groups is 1. The van der Waals surface area contributed by atoms with E-state index in [9.17, 15) is 8.42 Å². The van der Waals surface area contributed by atoms with Crippen LogP contribution < -0.4 is 10.2 Å². The third kappa shape index (κ3) is 4.48. The van der Waals surface area contributed by atoms with Gasteiger partial charge in [0.25, 0.3) is 0 Å². The number of aromatic nitrogens is 2. The Kier molecular flexibility index (Phi) is 5.25. The Bertz CT molecular complexity index is 1030. The summed E-state index contributed by atoms with van der Waals surface area (Å²) in [6.07, 6.45) is 2.12. The fourth-order valence-corrected chi connectivity index (χ4v) is 5.04. The van der Waals surface area contributed by atoms with Gasteiger partial charge in [0.2, 0.25) is 0 Å². The van der Waals surface area contributed by atoms with Gasteiger partial charge < -0.3 is 10.2 Å². The Hall–Kier alpha value is -2.93. The predicted octanol–water partition coefficient (Wildman–Crippen LogP) is 3.41. The van der Waals surface area contributed by atoms with E-state index in [1.54, 1.807) is 0 Å². The maximum Gasteiger partial charge on any atom is 0.152 e. The van der Waals surface area contributed by atoms with Crippen LogP contribution in [0.25, 0.3) is 0 Å². The van der Waals surface area contributed by atoms with Crippen molar-refractivity contribution in [2.24, 2.45) is 0 Å². The highest BCUT2D eigenvalue weighted by atomic mass is 32.2. The Morgan fingerprint density at radius 2 is 1.71 bits per heavy atom. The summed E-state index contributed by atoms with van der Waals surface area (Å²) in [7, 11) is -2.94. The molecule has 2 heterocycles. The molecule has 1 aromatic heterocycles. The van der Waals surface area contributed by atoms with E-state index in [1.165, 1.54) is 11.9 Å². The van der Waals surface area contributed by atoms with Crippen molar-refractivity contribution in [2.75, 3.05) is 21.7 Å². The van der Waals surface area contributed by atoms with Crippen LogP contribution in [-0.2, 0) is 16.4 Å². The quantitative estimate of drug-likeness (QED) is 0.691. The van der Waals surface area contributed by atoms with Crippen LogP contribution in [0, 0.1) is 0 Å². The van der Waals surface area contributed by atoms with Gasteiger partial charge in [0.1, 0.15) is 18.0 Å². The van der Waals surface area contributed by atoms with Crippen molar-refractivity contribution in [2.45, 2.75) is 19.0 Å². The van der Waals surface area contributed by atoms with Gasteiger partial charge in [-0.05, 0) is 24.1 Å². The third-order valence-electron chi connectivity index (χ3n) is 4.77. The molecule has 0 radical (unpaired) electrons. The number of rotatable bonds is 6. The van der Waals surface area contributed by atoms with Crippen LogP contribution in [0.15, 0.2) is 73.1 Å². The second kappa shape index (κ2) is 7.98. The van der Waals surface area contributed by atoms with Crippen molar-refractivity contribution in [3.8, 4) is 0 Å². The number of anilines is 3. The normalized spacial score (nSPS) is 17.9. The number of hydrogen-bond acceptors (Lipinski definition) is 6. The monoisotopic (exact) mass is 394 g/mol. The van der Waals surface area contributed by atoms with Crippen molar-refractivity contribution in [3.05, 3.63) is 78.6 Å². The van der Waals surface area contributed by atoms with Gasteiger partial charge in [-0.15, -0.1) is 0 Å². The summed E-state index contributed by atoms with van der Waals surface area (Å²) < 4.78 is 23.4. The average Bonchev–Trinajstić information content (AvgIpc) is 3.06. The number of para-hydroxylation sites is 1. The highest BCUT2D eigenvalue weighted by Gasteiger charge is 2.28. The zero-order valence-corrected chi connectivity index (χ0v) is 16.2. The summed E-state index contributed by atoms with van der Waals surface area (Å²) in [5.74, 6) is 1.78. The minimum absolute atomic E-state index is 0.105. The molecule has 0 saturated carbocycles. The van der Waals surface area contributed by atoms with E-state index in [0.29, 0.717) is 18.8 Å². The molecule has 28 heavy (non-hydrogen) atoms. The van der Waals surface area contributed by atoms with Crippen LogP contribution in [0.2, 0.25) is 0 Å². The van der Waals surface area contributed by atoms with Crippen molar-refractivity contribution < 1.29 is 8.42 Å². The van der Waals surface area contributed by atoms with Gasteiger partial charge in [-0.3, -0.25) is 0 Å². The zero-order chi connectivity index (χ0) is 19.4. The Labute approximate surface area is 165 Å². The first kappa shape index (κ1) is 18.4. The molecule has 1 saturated heterocycles. The molecule has 1 fully saturated rings. The molecule has 4 rings (SSSR count). The summed E-state index contributed by atoms with van der Waals surface area (Å²) in [4.78, 5) is 10.9.